The van der Waals surface area contributed by atoms with Gasteiger partial charge >= 0.3 is 0 Å². The van der Waals surface area contributed by atoms with Gasteiger partial charge < -0.3 is 10.2 Å². The number of carbonyl (C=O) groups excluding carboxylic acids is 1. The van der Waals surface area contributed by atoms with Crippen LogP contribution in [0.3, 0.4) is 0 Å². The van der Waals surface area contributed by atoms with Crippen LogP contribution in [-0.4, -0.2) is 45.1 Å². The zero-order chi connectivity index (χ0) is 19.7. The third kappa shape index (κ3) is 3.69. The molecular formula is C22H25FN2O3. The summed E-state index contributed by atoms with van der Waals surface area (Å²) >= 11 is 0. The number of ketones is 1. The maximum atomic E-state index is 13.0. The predicted molar refractivity (Wildman–Crippen MR) is 104 cm³/mol. The van der Waals surface area contributed by atoms with Crippen LogP contribution in [-0.2, 0) is 19.4 Å². The molecule has 2 aromatic rings. The first-order valence-corrected chi connectivity index (χ1v) is 9.81. The van der Waals surface area contributed by atoms with Gasteiger partial charge in [0.2, 0.25) is 0 Å². The van der Waals surface area contributed by atoms with Gasteiger partial charge in [-0.1, -0.05) is 12.2 Å². The number of allylic oxidation sites excluding steroid dienone is 2. The Bertz CT molecular complexity index is 862. The number of hydrogen-bond donors (Lipinski definition) is 2. The molecule has 1 aliphatic heterocycles. The molecule has 5 nitrogen and oxygen atoms in total. The van der Waals surface area contributed by atoms with Crippen LogP contribution in [0.25, 0.3) is 0 Å². The number of halogens is 1. The zero-order valence-corrected chi connectivity index (χ0v) is 15.8. The van der Waals surface area contributed by atoms with Crippen molar-refractivity contribution in [2.45, 2.75) is 32.2 Å². The van der Waals surface area contributed by atoms with E-state index in [4.69, 9.17) is 0 Å². The molecule has 148 valence electrons. The topological polar surface area (TPSA) is 65.7 Å². The SMILES string of the molecule is O=C(CN1CCC(Cn2c(O)c3c(c2O)CC=CC3)CC1)c1ccc(F)cc1. The maximum Gasteiger partial charge on any atom is 0.197 e. The molecule has 0 radical (unpaired) electrons. The van der Waals surface area contributed by atoms with Gasteiger partial charge in [0, 0.05) is 23.2 Å². The van der Waals surface area contributed by atoms with Crippen molar-refractivity contribution in [3.63, 3.8) is 0 Å². The molecule has 1 aromatic carbocycles. The molecule has 0 saturated carbocycles. The monoisotopic (exact) mass is 384 g/mol. The molecule has 1 aliphatic carbocycles. The lowest BCUT2D eigenvalue weighted by molar-refractivity contribution is 0.0889. The smallest absolute Gasteiger partial charge is 0.197 e. The third-order valence-electron chi connectivity index (χ3n) is 5.91. The number of nitrogens with zero attached hydrogens (tertiary/aromatic N) is 2. The Morgan fingerprint density at radius 2 is 1.57 bits per heavy atom. The van der Waals surface area contributed by atoms with E-state index < -0.39 is 0 Å². The van der Waals surface area contributed by atoms with E-state index in [1.54, 1.807) is 4.57 Å². The summed E-state index contributed by atoms with van der Waals surface area (Å²) in [5.41, 5.74) is 2.20. The zero-order valence-electron chi connectivity index (χ0n) is 15.8. The van der Waals surface area contributed by atoms with Crippen LogP contribution in [0.2, 0.25) is 0 Å². The number of piperidine rings is 1. The number of hydrogen-bond acceptors (Lipinski definition) is 4. The molecule has 6 heteroatoms. The molecule has 1 fully saturated rings. The first-order valence-electron chi connectivity index (χ1n) is 9.81. The van der Waals surface area contributed by atoms with Crippen LogP contribution in [0, 0.1) is 11.7 Å². The predicted octanol–water partition coefficient (Wildman–Crippen LogP) is 3.29. The highest BCUT2D eigenvalue weighted by Crippen LogP contribution is 2.38. The second-order valence-corrected chi connectivity index (χ2v) is 7.74. The molecule has 2 aliphatic rings. The lowest BCUT2D eigenvalue weighted by atomic mass is 9.96. The molecule has 1 saturated heterocycles. The first-order chi connectivity index (χ1) is 13.5. The largest absolute Gasteiger partial charge is 0.494 e. The summed E-state index contributed by atoms with van der Waals surface area (Å²) in [6.45, 7) is 2.51. The van der Waals surface area contributed by atoms with Crippen LogP contribution >= 0.6 is 0 Å². The molecule has 1 aromatic heterocycles. The van der Waals surface area contributed by atoms with Gasteiger partial charge in [0.1, 0.15) is 5.82 Å². The lowest BCUT2D eigenvalue weighted by Gasteiger charge is -2.31. The number of rotatable bonds is 5. The molecule has 2 N–H and O–H groups in total. The Morgan fingerprint density at radius 1 is 1.00 bits per heavy atom. The second-order valence-electron chi connectivity index (χ2n) is 7.74. The van der Waals surface area contributed by atoms with Crippen LogP contribution in [0.5, 0.6) is 11.8 Å². The minimum atomic E-state index is -0.341. The van der Waals surface area contributed by atoms with E-state index >= 15 is 0 Å². The molecule has 0 unspecified atom stereocenters. The first kappa shape index (κ1) is 18.7. The van der Waals surface area contributed by atoms with Gasteiger partial charge in [-0.2, -0.15) is 0 Å². The van der Waals surface area contributed by atoms with Crippen molar-refractivity contribution in [1.82, 2.24) is 9.47 Å². The number of fused-ring (bicyclic) bond motifs is 1. The van der Waals surface area contributed by atoms with E-state index in [0.717, 1.165) is 37.1 Å². The Balaban J connectivity index is 1.33. The van der Waals surface area contributed by atoms with E-state index in [2.05, 4.69) is 4.90 Å². The molecular weight excluding hydrogens is 359 g/mol. The van der Waals surface area contributed by atoms with Crippen LogP contribution < -0.4 is 0 Å². The van der Waals surface area contributed by atoms with Crippen LogP contribution in [0.15, 0.2) is 36.4 Å². The van der Waals surface area contributed by atoms with E-state index in [9.17, 15) is 19.4 Å². The summed E-state index contributed by atoms with van der Waals surface area (Å²) < 4.78 is 14.6. The number of likely N-dealkylation sites (tertiary alicyclic amines) is 1. The summed E-state index contributed by atoms with van der Waals surface area (Å²) in [5.74, 6) is 0.373. The maximum absolute atomic E-state index is 13.0. The van der Waals surface area contributed by atoms with Crippen molar-refractivity contribution >= 4 is 5.78 Å². The van der Waals surface area contributed by atoms with Crippen molar-refractivity contribution in [3.8, 4) is 11.8 Å². The summed E-state index contributed by atoms with van der Waals surface area (Å²) in [6.07, 6.45) is 7.15. The number of carbonyl (C=O) groups is 1. The Morgan fingerprint density at radius 3 is 2.14 bits per heavy atom. The summed E-state index contributed by atoms with van der Waals surface area (Å²) in [6, 6.07) is 5.67. The van der Waals surface area contributed by atoms with Crippen molar-refractivity contribution in [1.29, 1.82) is 0 Å². The van der Waals surface area contributed by atoms with Gasteiger partial charge in [0.25, 0.3) is 0 Å². The lowest BCUT2D eigenvalue weighted by Crippen LogP contribution is -2.38. The molecule has 0 spiro atoms. The molecule has 2 heterocycles. The Labute approximate surface area is 163 Å². The molecule has 4 rings (SSSR count). The average molecular weight is 384 g/mol. The Kier molecular flexibility index (Phi) is 5.22. The highest BCUT2D eigenvalue weighted by atomic mass is 19.1. The van der Waals surface area contributed by atoms with E-state index in [0.29, 0.717) is 37.4 Å². The number of benzene rings is 1. The number of aromatic hydroxyl groups is 2. The van der Waals surface area contributed by atoms with Crippen molar-refractivity contribution < 1.29 is 19.4 Å². The van der Waals surface area contributed by atoms with Gasteiger partial charge in [0.15, 0.2) is 17.5 Å². The summed E-state index contributed by atoms with van der Waals surface area (Å²) in [5, 5.41) is 21.0. The van der Waals surface area contributed by atoms with Crippen molar-refractivity contribution in [2.75, 3.05) is 19.6 Å². The number of Topliss-reactive ketones (excluding diaryl/α,β-unsaturated/α-hetero) is 1. The number of aromatic nitrogens is 1. The fraction of sp³-hybridized carbons (Fsp3) is 0.409. The summed E-state index contributed by atoms with van der Waals surface area (Å²) in [7, 11) is 0. The molecule has 0 amide bonds. The van der Waals surface area contributed by atoms with Gasteiger partial charge in [-0.15, -0.1) is 0 Å². The van der Waals surface area contributed by atoms with Gasteiger partial charge in [0.05, 0.1) is 6.54 Å². The summed E-state index contributed by atoms with van der Waals surface area (Å²) in [4.78, 5) is 14.5. The fourth-order valence-electron chi connectivity index (χ4n) is 4.22. The van der Waals surface area contributed by atoms with E-state index in [-0.39, 0.29) is 23.4 Å². The van der Waals surface area contributed by atoms with Gasteiger partial charge in [-0.25, -0.2) is 4.39 Å². The standard InChI is InChI=1S/C22H25FN2O3/c23-17-7-5-16(6-8-17)20(26)14-24-11-9-15(10-12-24)13-25-21(27)18-3-1-2-4-19(18)22(25)28/h1-2,5-8,15,27-28H,3-4,9-14H2. The molecule has 0 bridgehead atoms. The van der Waals surface area contributed by atoms with Crippen molar-refractivity contribution in [3.05, 3.63) is 58.9 Å². The van der Waals surface area contributed by atoms with Crippen molar-refractivity contribution in [2.24, 2.45) is 5.92 Å². The highest BCUT2D eigenvalue weighted by Gasteiger charge is 2.27. The second kappa shape index (κ2) is 7.80. The van der Waals surface area contributed by atoms with Gasteiger partial charge in [-0.05, 0) is 69.0 Å². The minimum absolute atomic E-state index is 0.000626. The third-order valence-corrected chi connectivity index (χ3v) is 5.91. The minimum Gasteiger partial charge on any atom is -0.494 e. The molecule has 28 heavy (non-hydrogen) atoms. The normalized spacial score (nSPS) is 17.6. The highest BCUT2D eigenvalue weighted by molar-refractivity contribution is 5.97. The van der Waals surface area contributed by atoms with Gasteiger partial charge in [-0.3, -0.25) is 14.3 Å². The molecule has 0 atom stereocenters. The van der Waals surface area contributed by atoms with E-state index in [1.165, 1.54) is 24.3 Å². The Hall–Kier alpha value is -2.60. The fourth-order valence-corrected chi connectivity index (χ4v) is 4.22. The van der Waals surface area contributed by atoms with Crippen LogP contribution in [0.1, 0.15) is 34.3 Å². The van der Waals surface area contributed by atoms with E-state index in [1.807, 2.05) is 12.2 Å². The quantitative estimate of drug-likeness (QED) is 0.613. The van der Waals surface area contributed by atoms with Crippen LogP contribution in [0.4, 0.5) is 4.39 Å². The average Bonchev–Trinajstić information content (AvgIpc) is 2.95.